The van der Waals surface area contributed by atoms with E-state index in [1.807, 2.05) is 0 Å². The first-order valence-electron chi connectivity index (χ1n) is 5.98. The van der Waals surface area contributed by atoms with Gasteiger partial charge in [-0.3, -0.25) is 4.79 Å². The standard InChI is InChI=1S/C13H17FN2O/c1-9-10(14)5-4-7-11(9)16-13(17)12-6-2-3-8-15-12/h4-5,7,12,15H,2-3,6,8H2,1H3,(H,16,17)/t12-/m1/s1. The fraction of sp³-hybridized carbons (Fsp3) is 0.462. The van der Waals surface area contributed by atoms with Crippen molar-refractivity contribution < 1.29 is 9.18 Å². The summed E-state index contributed by atoms with van der Waals surface area (Å²) in [5.74, 6) is -0.363. The van der Waals surface area contributed by atoms with Gasteiger partial charge in [-0.15, -0.1) is 0 Å². The average molecular weight is 236 g/mol. The first-order valence-corrected chi connectivity index (χ1v) is 5.98. The van der Waals surface area contributed by atoms with Gasteiger partial charge in [0.15, 0.2) is 0 Å². The van der Waals surface area contributed by atoms with Gasteiger partial charge in [-0.05, 0) is 38.4 Å². The molecule has 1 aliphatic heterocycles. The Hall–Kier alpha value is -1.42. The van der Waals surface area contributed by atoms with Gasteiger partial charge >= 0.3 is 0 Å². The highest BCUT2D eigenvalue weighted by Crippen LogP contribution is 2.18. The number of piperidine rings is 1. The summed E-state index contributed by atoms with van der Waals surface area (Å²) in [6, 6.07) is 4.57. The van der Waals surface area contributed by atoms with E-state index >= 15 is 0 Å². The van der Waals surface area contributed by atoms with E-state index in [1.54, 1.807) is 19.1 Å². The highest BCUT2D eigenvalue weighted by atomic mass is 19.1. The smallest absolute Gasteiger partial charge is 0.241 e. The molecule has 1 fully saturated rings. The minimum atomic E-state index is -0.292. The lowest BCUT2D eigenvalue weighted by Gasteiger charge is -2.22. The summed E-state index contributed by atoms with van der Waals surface area (Å²) in [5.41, 5.74) is 1.04. The predicted molar refractivity (Wildman–Crippen MR) is 65.4 cm³/mol. The molecule has 92 valence electrons. The highest BCUT2D eigenvalue weighted by Gasteiger charge is 2.21. The van der Waals surface area contributed by atoms with Gasteiger partial charge in [-0.1, -0.05) is 12.5 Å². The van der Waals surface area contributed by atoms with Crippen LogP contribution in [0.5, 0.6) is 0 Å². The number of hydrogen-bond donors (Lipinski definition) is 2. The van der Waals surface area contributed by atoms with Crippen molar-refractivity contribution in [2.24, 2.45) is 0 Å². The molecule has 1 aromatic rings. The Morgan fingerprint density at radius 1 is 1.47 bits per heavy atom. The predicted octanol–water partition coefficient (Wildman–Crippen LogP) is 2.21. The van der Waals surface area contributed by atoms with Crippen LogP contribution in [0.2, 0.25) is 0 Å². The number of carbonyl (C=O) groups excluding carboxylic acids is 1. The summed E-state index contributed by atoms with van der Waals surface area (Å²) in [4.78, 5) is 11.9. The summed E-state index contributed by atoms with van der Waals surface area (Å²) in [7, 11) is 0. The molecule has 1 aliphatic rings. The second-order valence-corrected chi connectivity index (χ2v) is 4.40. The van der Waals surface area contributed by atoms with Crippen LogP contribution in [0, 0.1) is 12.7 Å². The summed E-state index contributed by atoms with van der Waals surface area (Å²) in [6.45, 7) is 2.54. The summed E-state index contributed by atoms with van der Waals surface area (Å²) >= 11 is 0. The van der Waals surface area contributed by atoms with Crippen LogP contribution in [0.4, 0.5) is 10.1 Å². The molecule has 0 aromatic heterocycles. The van der Waals surface area contributed by atoms with Crippen molar-refractivity contribution in [3.8, 4) is 0 Å². The zero-order chi connectivity index (χ0) is 12.3. The molecule has 0 saturated carbocycles. The molecule has 4 heteroatoms. The van der Waals surface area contributed by atoms with Crippen LogP contribution >= 0.6 is 0 Å². The maximum Gasteiger partial charge on any atom is 0.241 e. The molecular formula is C13H17FN2O. The molecule has 3 nitrogen and oxygen atoms in total. The van der Waals surface area contributed by atoms with Crippen LogP contribution in [-0.2, 0) is 4.79 Å². The van der Waals surface area contributed by atoms with E-state index in [-0.39, 0.29) is 17.8 Å². The normalized spacial score (nSPS) is 20.0. The number of anilines is 1. The van der Waals surface area contributed by atoms with Crippen molar-refractivity contribution >= 4 is 11.6 Å². The van der Waals surface area contributed by atoms with Gasteiger partial charge in [0.25, 0.3) is 0 Å². The lowest BCUT2D eigenvalue weighted by Crippen LogP contribution is -2.43. The minimum absolute atomic E-state index is 0.0709. The Bertz CT molecular complexity index is 414. The second-order valence-electron chi connectivity index (χ2n) is 4.40. The van der Waals surface area contributed by atoms with E-state index in [0.29, 0.717) is 11.3 Å². The molecule has 1 heterocycles. The van der Waals surface area contributed by atoms with E-state index < -0.39 is 0 Å². The number of nitrogens with one attached hydrogen (secondary N) is 2. The molecule has 17 heavy (non-hydrogen) atoms. The van der Waals surface area contributed by atoms with Crippen molar-refractivity contribution in [2.45, 2.75) is 32.2 Å². The van der Waals surface area contributed by atoms with E-state index in [1.165, 1.54) is 6.07 Å². The largest absolute Gasteiger partial charge is 0.324 e. The molecule has 1 atom stereocenters. The van der Waals surface area contributed by atoms with Crippen molar-refractivity contribution in [3.63, 3.8) is 0 Å². The third-order valence-electron chi connectivity index (χ3n) is 3.15. The molecule has 0 spiro atoms. The molecule has 0 aliphatic carbocycles. The SMILES string of the molecule is Cc1c(F)cccc1NC(=O)[C@H]1CCCCN1. The Kier molecular flexibility index (Phi) is 3.74. The number of halogens is 1. The minimum Gasteiger partial charge on any atom is -0.324 e. The zero-order valence-electron chi connectivity index (χ0n) is 9.92. The Morgan fingerprint density at radius 3 is 3.00 bits per heavy atom. The number of hydrogen-bond acceptors (Lipinski definition) is 2. The molecule has 0 bridgehead atoms. The van der Waals surface area contributed by atoms with Gasteiger partial charge in [0, 0.05) is 11.3 Å². The van der Waals surface area contributed by atoms with E-state index in [4.69, 9.17) is 0 Å². The van der Waals surface area contributed by atoms with Gasteiger partial charge in [-0.25, -0.2) is 4.39 Å². The molecule has 2 N–H and O–H groups in total. The third kappa shape index (κ3) is 2.82. The van der Waals surface area contributed by atoms with Crippen LogP contribution < -0.4 is 10.6 Å². The first kappa shape index (κ1) is 12.0. The maximum atomic E-state index is 13.3. The summed E-state index contributed by atoms with van der Waals surface area (Å²) < 4.78 is 13.3. The Labute approximate surface area is 100 Å². The molecule has 0 radical (unpaired) electrons. The van der Waals surface area contributed by atoms with Gasteiger partial charge in [-0.2, -0.15) is 0 Å². The Morgan fingerprint density at radius 2 is 2.29 bits per heavy atom. The number of amides is 1. The van der Waals surface area contributed by atoms with Crippen molar-refractivity contribution in [2.75, 3.05) is 11.9 Å². The van der Waals surface area contributed by atoms with Crippen molar-refractivity contribution in [3.05, 3.63) is 29.6 Å². The lowest BCUT2D eigenvalue weighted by molar-refractivity contribution is -0.118. The van der Waals surface area contributed by atoms with Crippen LogP contribution in [0.3, 0.4) is 0 Å². The molecule has 0 unspecified atom stereocenters. The first-order chi connectivity index (χ1) is 8.18. The average Bonchev–Trinajstić information content (AvgIpc) is 2.36. The third-order valence-corrected chi connectivity index (χ3v) is 3.15. The number of rotatable bonds is 2. The number of carbonyl (C=O) groups is 1. The maximum absolute atomic E-state index is 13.3. The zero-order valence-corrected chi connectivity index (χ0v) is 9.92. The van der Waals surface area contributed by atoms with Crippen LogP contribution in [0.1, 0.15) is 24.8 Å². The summed E-state index contributed by atoms with van der Waals surface area (Å²) in [5, 5.41) is 5.95. The Balaban J connectivity index is 2.04. The van der Waals surface area contributed by atoms with Gasteiger partial charge in [0.1, 0.15) is 5.82 Å². The molecule has 1 amide bonds. The summed E-state index contributed by atoms with van der Waals surface area (Å²) in [6.07, 6.45) is 3.02. The molecular weight excluding hydrogens is 219 g/mol. The molecule has 2 rings (SSSR count). The highest BCUT2D eigenvalue weighted by molar-refractivity contribution is 5.95. The lowest BCUT2D eigenvalue weighted by atomic mass is 10.0. The van der Waals surface area contributed by atoms with E-state index in [9.17, 15) is 9.18 Å². The number of benzene rings is 1. The van der Waals surface area contributed by atoms with Crippen LogP contribution in [0.15, 0.2) is 18.2 Å². The monoisotopic (exact) mass is 236 g/mol. The van der Waals surface area contributed by atoms with E-state index in [2.05, 4.69) is 10.6 Å². The quantitative estimate of drug-likeness (QED) is 0.826. The second kappa shape index (κ2) is 5.27. The van der Waals surface area contributed by atoms with Crippen molar-refractivity contribution in [1.29, 1.82) is 0 Å². The topological polar surface area (TPSA) is 41.1 Å². The van der Waals surface area contributed by atoms with Gasteiger partial charge in [0.05, 0.1) is 6.04 Å². The van der Waals surface area contributed by atoms with Crippen LogP contribution in [0.25, 0.3) is 0 Å². The van der Waals surface area contributed by atoms with Gasteiger partial charge < -0.3 is 10.6 Å². The molecule has 1 saturated heterocycles. The van der Waals surface area contributed by atoms with Crippen molar-refractivity contribution in [1.82, 2.24) is 5.32 Å². The fourth-order valence-electron chi connectivity index (χ4n) is 2.04. The van der Waals surface area contributed by atoms with E-state index in [0.717, 1.165) is 25.8 Å². The van der Waals surface area contributed by atoms with Gasteiger partial charge in [0.2, 0.25) is 5.91 Å². The van der Waals surface area contributed by atoms with Crippen LogP contribution in [-0.4, -0.2) is 18.5 Å². The fourth-order valence-corrected chi connectivity index (χ4v) is 2.04. The molecule has 1 aromatic carbocycles.